The van der Waals surface area contributed by atoms with Crippen molar-refractivity contribution in [1.82, 2.24) is 14.1 Å². The Hall–Kier alpha value is -2.75. The minimum Gasteiger partial charge on any atom is -0.357 e. The van der Waals surface area contributed by atoms with Crippen LogP contribution in [-0.2, 0) is 7.05 Å². The number of aryl methyl sites for hydroxylation is 1. The van der Waals surface area contributed by atoms with E-state index in [2.05, 4.69) is 53.9 Å². The third kappa shape index (κ3) is 2.49. The van der Waals surface area contributed by atoms with Gasteiger partial charge in [0, 0.05) is 48.1 Å². The summed E-state index contributed by atoms with van der Waals surface area (Å²) in [6.07, 6.45) is 8.28. The first-order valence-corrected chi connectivity index (χ1v) is 8.88. The van der Waals surface area contributed by atoms with Gasteiger partial charge in [0.2, 0.25) is 0 Å². The van der Waals surface area contributed by atoms with Crippen LogP contribution in [0.1, 0.15) is 32.7 Å². The van der Waals surface area contributed by atoms with Gasteiger partial charge in [-0.3, -0.25) is 4.79 Å². The molecule has 3 heterocycles. The summed E-state index contributed by atoms with van der Waals surface area (Å²) >= 11 is 0. The first kappa shape index (κ1) is 15.8. The van der Waals surface area contributed by atoms with Crippen LogP contribution in [0.15, 0.2) is 53.7 Å². The van der Waals surface area contributed by atoms with Gasteiger partial charge in [0.25, 0.3) is 5.56 Å². The molecule has 0 aliphatic carbocycles. The molecule has 3 aromatic heterocycles. The summed E-state index contributed by atoms with van der Waals surface area (Å²) < 4.78 is 4.01. The van der Waals surface area contributed by atoms with Gasteiger partial charge in [0.15, 0.2) is 0 Å². The van der Waals surface area contributed by atoms with E-state index in [0.29, 0.717) is 11.6 Å². The van der Waals surface area contributed by atoms with E-state index >= 15 is 0 Å². The Bertz CT molecular complexity index is 1110. The normalized spacial score (nSPS) is 12.9. The fourth-order valence-corrected chi connectivity index (χ4v) is 3.76. The minimum atomic E-state index is 0.00442. The largest absolute Gasteiger partial charge is 0.357 e. The Kier molecular flexibility index (Phi) is 3.75. The van der Waals surface area contributed by atoms with Crippen molar-refractivity contribution in [3.05, 3.63) is 59.3 Å². The monoisotopic (exact) mass is 333 g/mol. The number of rotatable bonds is 4. The standard InChI is InChI=1S/C21H23N3O/c1-4-5-14(2)24-11-9-15-6-7-16(12-19(15)24)18-13-23(3)21(25)20-17(18)8-10-22-20/h6-14,22H,4-5H2,1-3H3. The second-order valence-corrected chi connectivity index (χ2v) is 6.86. The molecule has 25 heavy (non-hydrogen) atoms. The van der Waals surface area contributed by atoms with Crippen molar-refractivity contribution in [2.24, 2.45) is 7.05 Å². The van der Waals surface area contributed by atoms with Gasteiger partial charge in [-0.2, -0.15) is 0 Å². The molecule has 0 amide bonds. The van der Waals surface area contributed by atoms with Crippen molar-refractivity contribution >= 4 is 21.8 Å². The molecular weight excluding hydrogens is 310 g/mol. The average Bonchev–Trinajstić information content (AvgIpc) is 3.24. The SMILES string of the molecule is CCCC(C)n1ccc2ccc(-c3cn(C)c(=O)c4[nH]ccc34)cc21. The molecule has 1 N–H and O–H groups in total. The van der Waals surface area contributed by atoms with Crippen LogP contribution in [0.3, 0.4) is 0 Å². The number of nitrogens with one attached hydrogen (secondary N) is 1. The van der Waals surface area contributed by atoms with Crippen molar-refractivity contribution < 1.29 is 0 Å². The molecule has 0 spiro atoms. The first-order valence-electron chi connectivity index (χ1n) is 8.88. The van der Waals surface area contributed by atoms with Crippen molar-refractivity contribution in [1.29, 1.82) is 0 Å². The van der Waals surface area contributed by atoms with Gasteiger partial charge in [-0.25, -0.2) is 0 Å². The second-order valence-electron chi connectivity index (χ2n) is 6.86. The van der Waals surface area contributed by atoms with Gasteiger partial charge in [-0.05, 0) is 42.5 Å². The number of aromatic nitrogens is 3. The Labute approximate surface area is 146 Å². The van der Waals surface area contributed by atoms with E-state index in [9.17, 15) is 4.79 Å². The van der Waals surface area contributed by atoms with E-state index in [0.717, 1.165) is 22.9 Å². The topological polar surface area (TPSA) is 42.7 Å². The number of H-pyrrole nitrogens is 1. The van der Waals surface area contributed by atoms with Crippen LogP contribution < -0.4 is 5.56 Å². The molecule has 4 aromatic rings. The van der Waals surface area contributed by atoms with Crippen molar-refractivity contribution in [2.75, 3.05) is 0 Å². The molecule has 0 bridgehead atoms. The molecule has 0 aliphatic rings. The smallest absolute Gasteiger partial charge is 0.274 e. The number of nitrogens with zero attached hydrogens (tertiary/aromatic N) is 2. The van der Waals surface area contributed by atoms with Crippen LogP contribution in [-0.4, -0.2) is 14.1 Å². The zero-order valence-corrected chi connectivity index (χ0v) is 14.9. The van der Waals surface area contributed by atoms with Gasteiger partial charge in [-0.1, -0.05) is 25.5 Å². The molecular formula is C21H23N3O. The van der Waals surface area contributed by atoms with Gasteiger partial charge in [-0.15, -0.1) is 0 Å². The van der Waals surface area contributed by atoms with Crippen molar-refractivity contribution in [2.45, 2.75) is 32.7 Å². The predicted octanol–water partition coefficient (Wildman–Crippen LogP) is 4.85. The summed E-state index contributed by atoms with van der Waals surface area (Å²) in [5.41, 5.74) is 4.13. The van der Waals surface area contributed by atoms with E-state index in [1.54, 1.807) is 11.6 Å². The highest BCUT2D eigenvalue weighted by Gasteiger charge is 2.13. The lowest BCUT2D eigenvalue weighted by atomic mass is 10.0. The van der Waals surface area contributed by atoms with E-state index in [-0.39, 0.29) is 5.56 Å². The van der Waals surface area contributed by atoms with E-state index < -0.39 is 0 Å². The van der Waals surface area contributed by atoms with Gasteiger partial charge >= 0.3 is 0 Å². The molecule has 0 radical (unpaired) electrons. The fourth-order valence-electron chi connectivity index (χ4n) is 3.76. The van der Waals surface area contributed by atoms with Crippen LogP contribution in [0.5, 0.6) is 0 Å². The first-order chi connectivity index (χ1) is 12.1. The van der Waals surface area contributed by atoms with E-state index in [4.69, 9.17) is 0 Å². The molecule has 4 heteroatoms. The maximum atomic E-state index is 12.3. The summed E-state index contributed by atoms with van der Waals surface area (Å²) in [6.45, 7) is 4.49. The number of hydrogen-bond donors (Lipinski definition) is 1. The van der Waals surface area contributed by atoms with Crippen LogP contribution in [0.2, 0.25) is 0 Å². The molecule has 4 rings (SSSR count). The lowest BCUT2D eigenvalue weighted by molar-refractivity contribution is 0.515. The fraction of sp³-hybridized carbons (Fsp3) is 0.286. The molecule has 0 saturated carbocycles. The van der Waals surface area contributed by atoms with Crippen LogP contribution in [0.25, 0.3) is 32.9 Å². The number of aromatic amines is 1. The molecule has 128 valence electrons. The lowest BCUT2D eigenvalue weighted by Gasteiger charge is -2.15. The molecule has 1 aromatic carbocycles. The maximum absolute atomic E-state index is 12.3. The van der Waals surface area contributed by atoms with Gasteiger partial charge in [0.05, 0.1) is 0 Å². The van der Waals surface area contributed by atoms with E-state index in [1.807, 2.05) is 18.5 Å². The minimum absolute atomic E-state index is 0.00442. The van der Waals surface area contributed by atoms with Crippen molar-refractivity contribution in [3.8, 4) is 11.1 Å². The van der Waals surface area contributed by atoms with Crippen LogP contribution >= 0.6 is 0 Å². The van der Waals surface area contributed by atoms with E-state index in [1.165, 1.54) is 17.3 Å². The summed E-state index contributed by atoms with van der Waals surface area (Å²) in [6, 6.07) is 11.2. The summed E-state index contributed by atoms with van der Waals surface area (Å²) in [5.74, 6) is 0. The Morgan fingerprint density at radius 3 is 2.84 bits per heavy atom. The van der Waals surface area contributed by atoms with Gasteiger partial charge < -0.3 is 14.1 Å². The Morgan fingerprint density at radius 2 is 2.04 bits per heavy atom. The summed E-state index contributed by atoms with van der Waals surface area (Å²) in [5, 5.41) is 2.23. The quantitative estimate of drug-likeness (QED) is 0.570. The Morgan fingerprint density at radius 1 is 1.20 bits per heavy atom. The number of fused-ring (bicyclic) bond motifs is 2. The molecule has 1 unspecified atom stereocenters. The molecule has 0 aliphatic heterocycles. The highest BCUT2D eigenvalue weighted by Crippen LogP contribution is 2.31. The second kappa shape index (κ2) is 5.96. The third-order valence-corrected chi connectivity index (χ3v) is 5.11. The summed E-state index contributed by atoms with van der Waals surface area (Å²) in [7, 11) is 1.80. The van der Waals surface area contributed by atoms with Gasteiger partial charge in [0.1, 0.15) is 5.52 Å². The summed E-state index contributed by atoms with van der Waals surface area (Å²) in [4.78, 5) is 15.4. The number of pyridine rings is 1. The molecule has 1 atom stereocenters. The molecule has 0 saturated heterocycles. The number of hydrogen-bond acceptors (Lipinski definition) is 1. The average molecular weight is 333 g/mol. The molecule has 4 nitrogen and oxygen atoms in total. The van der Waals surface area contributed by atoms with Crippen molar-refractivity contribution in [3.63, 3.8) is 0 Å². The highest BCUT2D eigenvalue weighted by molar-refractivity contribution is 5.96. The number of benzene rings is 1. The zero-order chi connectivity index (χ0) is 17.6. The predicted molar refractivity (Wildman–Crippen MR) is 104 cm³/mol. The highest BCUT2D eigenvalue weighted by atomic mass is 16.1. The zero-order valence-electron chi connectivity index (χ0n) is 14.9. The lowest BCUT2D eigenvalue weighted by Crippen LogP contribution is -2.16. The van der Waals surface area contributed by atoms with Crippen LogP contribution in [0, 0.1) is 0 Å². The molecule has 0 fully saturated rings. The van der Waals surface area contributed by atoms with Crippen LogP contribution in [0.4, 0.5) is 0 Å². The maximum Gasteiger partial charge on any atom is 0.274 e. The third-order valence-electron chi connectivity index (χ3n) is 5.11. The Balaban J connectivity index is 1.93.